The average Bonchev–Trinajstić information content (AvgIpc) is 2.35. The Bertz CT molecular complexity index is 485. The van der Waals surface area contributed by atoms with Crippen molar-refractivity contribution >= 4 is 21.7 Å². The Hall–Kier alpha value is -0.263. The highest BCUT2D eigenvalue weighted by Gasteiger charge is 2.40. The van der Waals surface area contributed by atoms with E-state index in [1.165, 1.54) is 14.2 Å². The maximum atomic E-state index is 12.2. The molecule has 0 N–H and O–H groups in total. The zero-order chi connectivity index (χ0) is 17.2. The summed E-state index contributed by atoms with van der Waals surface area (Å²) in [5.41, 5.74) is 0.784. The number of rotatable bonds is 6. The molecule has 0 bridgehead atoms. The van der Waals surface area contributed by atoms with E-state index in [2.05, 4.69) is 33.9 Å². The number of hydrogen-bond donors (Lipinski definition) is 0. The molecule has 0 heterocycles. The zero-order valence-electron chi connectivity index (χ0n) is 14.8. The zero-order valence-corrected chi connectivity index (χ0v) is 16.7. The van der Waals surface area contributed by atoms with Crippen molar-refractivity contribution in [1.29, 1.82) is 0 Å². The molecule has 0 unspecified atom stereocenters. The summed E-state index contributed by atoms with van der Waals surface area (Å²) in [6.07, 6.45) is 2.56. The molecule has 0 aliphatic heterocycles. The van der Waals surface area contributed by atoms with Crippen LogP contribution in [0, 0.1) is 0 Å². The van der Waals surface area contributed by atoms with E-state index in [0.717, 1.165) is 5.57 Å². The first-order chi connectivity index (χ1) is 9.92. The Labute approximate surface area is 135 Å². The first kappa shape index (κ1) is 19.8. The molecular weight excluding hydrogens is 319 g/mol. The standard InChI is InChI=1S/C15H29O5PSi/c1-15(2,3)22(6,7)20-14-9-12(8-13(16)10-14)11-21(17,18-4)19-5/h8,14H,9-11H2,1-7H3/t14-/m0/s1. The number of hydrogen-bond acceptors (Lipinski definition) is 5. The summed E-state index contributed by atoms with van der Waals surface area (Å²) in [7, 11) is -2.37. The fourth-order valence-electron chi connectivity index (χ4n) is 2.17. The van der Waals surface area contributed by atoms with Gasteiger partial charge in [0, 0.05) is 20.6 Å². The van der Waals surface area contributed by atoms with Crippen molar-refractivity contribution in [3.05, 3.63) is 11.6 Å². The smallest absolute Gasteiger partial charge is 0.334 e. The molecule has 0 fully saturated rings. The average molecular weight is 348 g/mol. The van der Waals surface area contributed by atoms with Crippen LogP contribution >= 0.6 is 7.60 Å². The molecule has 128 valence electrons. The van der Waals surface area contributed by atoms with Gasteiger partial charge in [0.25, 0.3) is 0 Å². The lowest BCUT2D eigenvalue weighted by molar-refractivity contribution is -0.116. The number of ketones is 1. The predicted octanol–water partition coefficient (Wildman–Crippen LogP) is 4.15. The highest BCUT2D eigenvalue weighted by molar-refractivity contribution is 7.54. The van der Waals surface area contributed by atoms with Gasteiger partial charge in [0.05, 0.1) is 12.3 Å². The van der Waals surface area contributed by atoms with Gasteiger partial charge in [-0.15, -0.1) is 0 Å². The van der Waals surface area contributed by atoms with Crippen LogP contribution in [0.3, 0.4) is 0 Å². The Morgan fingerprint density at radius 1 is 1.23 bits per heavy atom. The minimum Gasteiger partial charge on any atom is -0.413 e. The molecule has 1 aliphatic rings. The summed E-state index contributed by atoms with van der Waals surface area (Å²) in [4.78, 5) is 12.0. The summed E-state index contributed by atoms with van der Waals surface area (Å²) in [6.45, 7) is 10.9. The van der Waals surface area contributed by atoms with Crippen molar-refractivity contribution in [3.8, 4) is 0 Å². The summed E-state index contributed by atoms with van der Waals surface area (Å²) >= 11 is 0. The van der Waals surface area contributed by atoms with Gasteiger partial charge in [0.1, 0.15) is 0 Å². The second kappa shape index (κ2) is 7.10. The van der Waals surface area contributed by atoms with Crippen LogP contribution in [0.25, 0.3) is 0 Å². The van der Waals surface area contributed by atoms with E-state index in [9.17, 15) is 9.36 Å². The summed E-state index contributed by atoms with van der Waals surface area (Å²) in [5.74, 6) is 0.0173. The van der Waals surface area contributed by atoms with Crippen LogP contribution in [0.1, 0.15) is 33.6 Å². The van der Waals surface area contributed by atoms with Crippen LogP contribution < -0.4 is 0 Å². The number of carbonyl (C=O) groups excluding carboxylic acids is 1. The van der Waals surface area contributed by atoms with E-state index < -0.39 is 15.9 Å². The minimum absolute atomic E-state index is 0.0173. The molecule has 7 heteroatoms. The molecule has 0 aromatic carbocycles. The monoisotopic (exact) mass is 348 g/mol. The van der Waals surface area contributed by atoms with Crippen molar-refractivity contribution in [1.82, 2.24) is 0 Å². The van der Waals surface area contributed by atoms with Crippen molar-refractivity contribution in [2.75, 3.05) is 20.4 Å². The van der Waals surface area contributed by atoms with E-state index in [-0.39, 0.29) is 23.1 Å². The highest BCUT2D eigenvalue weighted by atomic mass is 31.2. The van der Waals surface area contributed by atoms with E-state index in [1.807, 2.05) is 0 Å². The number of allylic oxidation sites excluding steroid dienone is 1. The topological polar surface area (TPSA) is 61.8 Å². The first-order valence-electron chi connectivity index (χ1n) is 7.53. The fraction of sp³-hybridized carbons (Fsp3) is 0.800. The second-order valence-electron chi connectivity index (χ2n) is 7.31. The van der Waals surface area contributed by atoms with Crippen LogP contribution in [-0.4, -0.2) is 40.6 Å². The normalized spacial score (nSPS) is 21.0. The van der Waals surface area contributed by atoms with E-state index in [0.29, 0.717) is 12.8 Å². The first-order valence-corrected chi connectivity index (χ1v) is 12.2. The Kier molecular flexibility index (Phi) is 6.38. The van der Waals surface area contributed by atoms with E-state index >= 15 is 0 Å². The molecular formula is C15H29O5PSi. The molecule has 5 nitrogen and oxygen atoms in total. The maximum absolute atomic E-state index is 12.2. The second-order valence-corrected chi connectivity index (χ2v) is 14.3. The number of carbonyl (C=O) groups is 1. The molecule has 1 rings (SSSR count). The van der Waals surface area contributed by atoms with Gasteiger partial charge in [-0.1, -0.05) is 26.3 Å². The summed E-state index contributed by atoms with van der Waals surface area (Å²) in [5, 5.41) is 0.0890. The molecule has 0 spiro atoms. The van der Waals surface area contributed by atoms with Crippen LogP contribution in [0.2, 0.25) is 18.1 Å². The third-order valence-corrected chi connectivity index (χ3v) is 10.9. The lowest BCUT2D eigenvalue weighted by Gasteiger charge is -2.40. The molecule has 0 radical (unpaired) electrons. The largest absolute Gasteiger partial charge is 0.413 e. The molecule has 0 saturated heterocycles. The molecule has 1 atom stereocenters. The van der Waals surface area contributed by atoms with Gasteiger partial charge in [-0.25, -0.2) is 0 Å². The molecule has 1 aliphatic carbocycles. The van der Waals surface area contributed by atoms with Crippen LogP contribution in [0.4, 0.5) is 0 Å². The molecule has 0 saturated carbocycles. The Balaban J connectivity index is 2.83. The third-order valence-electron chi connectivity index (χ3n) is 4.50. The SMILES string of the molecule is COP(=O)(CC1=CC(=O)C[C@@H](O[Si](C)(C)C(C)(C)C)C1)OC. The fourth-order valence-corrected chi connectivity index (χ4v) is 4.65. The van der Waals surface area contributed by atoms with Gasteiger partial charge in [0.15, 0.2) is 14.1 Å². The van der Waals surface area contributed by atoms with Gasteiger partial charge in [0.2, 0.25) is 0 Å². The van der Waals surface area contributed by atoms with Crippen molar-refractivity contribution in [2.45, 2.75) is 57.8 Å². The van der Waals surface area contributed by atoms with Crippen LogP contribution in [-0.2, 0) is 22.8 Å². The molecule has 0 amide bonds. The quantitative estimate of drug-likeness (QED) is 0.533. The van der Waals surface area contributed by atoms with Gasteiger partial charge < -0.3 is 13.5 Å². The highest BCUT2D eigenvalue weighted by Crippen LogP contribution is 2.49. The maximum Gasteiger partial charge on any atom is 0.334 e. The lowest BCUT2D eigenvalue weighted by Crippen LogP contribution is -2.45. The van der Waals surface area contributed by atoms with E-state index in [4.69, 9.17) is 13.5 Å². The molecule has 22 heavy (non-hydrogen) atoms. The van der Waals surface area contributed by atoms with Crippen LogP contribution in [0.15, 0.2) is 11.6 Å². The molecule has 0 aromatic heterocycles. The van der Waals surface area contributed by atoms with Gasteiger partial charge in [-0.3, -0.25) is 9.36 Å². The van der Waals surface area contributed by atoms with Gasteiger partial charge >= 0.3 is 7.60 Å². The predicted molar refractivity (Wildman–Crippen MR) is 90.9 cm³/mol. The van der Waals surface area contributed by atoms with E-state index in [1.54, 1.807) is 6.08 Å². The van der Waals surface area contributed by atoms with Crippen molar-refractivity contribution in [2.24, 2.45) is 0 Å². The Morgan fingerprint density at radius 2 is 1.77 bits per heavy atom. The van der Waals surface area contributed by atoms with Gasteiger partial charge in [-0.2, -0.15) is 0 Å². The summed E-state index contributed by atoms with van der Waals surface area (Å²) < 4.78 is 28.5. The van der Waals surface area contributed by atoms with Crippen molar-refractivity contribution < 1.29 is 22.8 Å². The lowest BCUT2D eigenvalue weighted by atomic mass is 9.97. The minimum atomic E-state index is -3.15. The third kappa shape index (κ3) is 5.13. The van der Waals surface area contributed by atoms with Crippen LogP contribution in [0.5, 0.6) is 0 Å². The Morgan fingerprint density at radius 3 is 2.23 bits per heavy atom. The molecule has 0 aromatic rings. The van der Waals surface area contributed by atoms with Gasteiger partial charge in [-0.05, 0) is 30.6 Å². The summed E-state index contributed by atoms with van der Waals surface area (Å²) in [6, 6.07) is 0. The van der Waals surface area contributed by atoms with Crippen molar-refractivity contribution in [3.63, 3.8) is 0 Å².